The van der Waals surface area contributed by atoms with Crippen LogP contribution in [0, 0.1) is 6.92 Å². The van der Waals surface area contributed by atoms with E-state index in [4.69, 9.17) is 5.73 Å². The number of aromatic nitrogens is 1. The Kier molecular flexibility index (Phi) is 4.01. The summed E-state index contributed by atoms with van der Waals surface area (Å²) in [7, 11) is 0. The highest BCUT2D eigenvalue weighted by Gasteiger charge is 2.20. The van der Waals surface area contributed by atoms with Crippen LogP contribution >= 0.6 is 0 Å². The Morgan fingerprint density at radius 2 is 2.19 bits per heavy atom. The second-order valence-corrected chi connectivity index (χ2v) is 4.54. The fraction of sp³-hybridized carbons (Fsp3) is 0.500. The molecule has 0 spiro atoms. The number of pyridine rings is 1. The fourth-order valence-corrected chi connectivity index (χ4v) is 1.46. The van der Waals surface area contributed by atoms with E-state index < -0.39 is 0 Å². The highest BCUT2D eigenvalue weighted by molar-refractivity contribution is 5.92. The maximum atomic E-state index is 11.9. The SMILES string of the molecule is Cc1cccc(C(=O)NC(C)(C)CCN)n1. The molecule has 4 nitrogen and oxygen atoms in total. The Balaban J connectivity index is 2.72. The van der Waals surface area contributed by atoms with Gasteiger partial charge in [-0.1, -0.05) is 6.07 Å². The van der Waals surface area contributed by atoms with Gasteiger partial charge in [0.15, 0.2) is 0 Å². The third kappa shape index (κ3) is 3.62. The molecule has 3 N–H and O–H groups in total. The molecule has 0 saturated carbocycles. The normalized spacial score (nSPS) is 11.2. The molecule has 0 aliphatic rings. The highest BCUT2D eigenvalue weighted by Crippen LogP contribution is 2.08. The summed E-state index contributed by atoms with van der Waals surface area (Å²) in [6.45, 7) is 6.32. The van der Waals surface area contributed by atoms with Crippen molar-refractivity contribution in [1.82, 2.24) is 10.3 Å². The van der Waals surface area contributed by atoms with Gasteiger partial charge in [-0.2, -0.15) is 0 Å². The average molecular weight is 221 g/mol. The van der Waals surface area contributed by atoms with Gasteiger partial charge in [0.25, 0.3) is 5.91 Å². The van der Waals surface area contributed by atoms with Crippen molar-refractivity contribution in [1.29, 1.82) is 0 Å². The van der Waals surface area contributed by atoms with Crippen molar-refractivity contribution < 1.29 is 4.79 Å². The Labute approximate surface area is 96.3 Å². The lowest BCUT2D eigenvalue weighted by molar-refractivity contribution is 0.0905. The summed E-state index contributed by atoms with van der Waals surface area (Å²) in [6.07, 6.45) is 0.741. The molecule has 16 heavy (non-hydrogen) atoms. The maximum Gasteiger partial charge on any atom is 0.270 e. The van der Waals surface area contributed by atoms with E-state index >= 15 is 0 Å². The molecule has 0 aromatic carbocycles. The summed E-state index contributed by atoms with van der Waals surface area (Å²) >= 11 is 0. The zero-order chi connectivity index (χ0) is 12.2. The van der Waals surface area contributed by atoms with Crippen molar-refractivity contribution in [3.63, 3.8) is 0 Å². The van der Waals surface area contributed by atoms with E-state index in [1.807, 2.05) is 32.9 Å². The average Bonchev–Trinajstić information content (AvgIpc) is 2.16. The van der Waals surface area contributed by atoms with Crippen molar-refractivity contribution in [2.75, 3.05) is 6.54 Å². The van der Waals surface area contributed by atoms with Crippen LogP contribution in [0.25, 0.3) is 0 Å². The minimum absolute atomic E-state index is 0.151. The first-order valence-electron chi connectivity index (χ1n) is 5.41. The molecule has 1 aromatic heterocycles. The summed E-state index contributed by atoms with van der Waals surface area (Å²) in [5, 5.41) is 2.92. The molecular weight excluding hydrogens is 202 g/mol. The lowest BCUT2D eigenvalue weighted by atomic mass is 10.0. The van der Waals surface area contributed by atoms with Gasteiger partial charge in [-0.25, -0.2) is 4.98 Å². The summed E-state index contributed by atoms with van der Waals surface area (Å²) < 4.78 is 0. The molecule has 0 aliphatic carbocycles. The van der Waals surface area contributed by atoms with E-state index in [2.05, 4.69) is 10.3 Å². The number of nitrogens with two attached hydrogens (primary N) is 1. The number of nitrogens with one attached hydrogen (secondary N) is 1. The smallest absolute Gasteiger partial charge is 0.270 e. The van der Waals surface area contributed by atoms with Crippen LogP contribution in [-0.4, -0.2) is 23.0 Å². The summed E-state index contributed by atoms with van der Waals surface area (Å²) in [4.78, 5) is 16.0. The summed E-state index contributed by atoms with van der Waals surface area (Å²) in [5.41, 5.74) is 6.48. The van der Waals surface area contributed by atoms with Crippen LogP contribution in [-0.2, 0) is 0 Å². The fourth-order valence-electron chi connectivity index (χ4n) is 1.46. The van der Waals surface area contributed by atoms with Crippen molar-refractivity contribution in [3.05, 3.63) is 29.6 Å². The Hall–Kier alpha value is -1.42. The second-order valence-electron chi connectivity index (χ2n) is 4.54. The Morgan fingerprint density at radius 3 is 2.75 bits per heavy atom. The minimum Gasteiger partial charge on any atom is -0.346 e. The van der Waals surface area contributed by atoms with E-state index in [1.54, 1.807) is 6.07 Å². The van der Waals surface area contributed by atoms with Crippen molar-refractivity contribution in [3.8, 4) is 0 Å². The number of carbonyl (C=O) groups is 1. The monoisotopic (exact) mass is 221 g/mol. The van der Waals surface area contributed by atoms with Crippen LogP contribution in [0.3, 0.4) is 0 Å². The lowest BCUT2D eigenvalue weighted by Crippen LogP contribution is -2.45. The number of amides is 1. The van der Waals surface area contributed by atoms with Crippen LogP contribution < -0.4 is 11.1 Å². The predicted octanol–water partition coefficient (Wildman–Crippen LogP) is 1.25. The van der Waals surface area contributed by atoms with Gasteiger partial charge in [-0.15, -0.1) is 0 Å². The topological polar surface area (TPSA) is 68.0 Å². The van der Waals surface area contributed by atoms with Gasteiger partial charge < -0.3 is 11.1 Å². The first-order valence-corrected chi connectivity index (χ1v) is 5.41. The van der Waals surface area contributed by atoms with Gasteiger partial charge in [-0.3, -0.25) is 4.79 Å². The first kappa shape index (κ1) is 12.6. The molecule has 1 heterocycles. The summed E-state index contributed by atoms with van der Waals surface area (Å²) in [6, 6.07) is 5.40. The molecule has 4 heteroatoms. The molecule has 88 valence electrons. The van der Waals surface area contributed by atoms with Gasteiger partial charge in [0.1, 0.15) is 5.69 Å². The predicted molar refractivity (Wildman–Crippen MR) is 64.2 cm³/mol. The largest absolute Gasteiger partial charge is 0.346 e. The number of rotatable bonds is 4. The first-order chi connectivity index (χ1) is 7.44. The zero-order valence-corrected chi connectivity index (χ0v) is 10.1. The van der Waals surface area contributed by atoms with Crippen LogP contribution in [0.1, 0.15) is 36.5 Å². The number of hydrogen-bond donors (Lipinski definition) is 2. The minimum atomic E-state index is -0.294. The van der Waals surface area contributed by atoms with Crippen LogP contribution in [0.15, 0.2) is 18.2 Å². The molecule has 0 radical (unpaired) electrons. The molecule has 0 fully saturated rings. The Morgan fingerprint density at radius 1 is 1.50 bits per heavy atom. The lowest BCUT2D eigenvalue weighted by Gasteiger charge is -2.25. The van der Waals surface area contributed by atoms with Gasteiger partial charge >= 0.3 is 0 Å². The number of aryl methyl sites for hydroxylation is 1. The van der Waals surface area contributed by atoms with Crippen LogP contribution in [0.4, 0.5) is 0 Å². The van der Waals surface area contributed by atoms with Crippen molar-refractivity contribution >= 4 is 5.91 Å². The summed E-state index contributed by atoms with van der Waals surface area (Å²) in [5.74, 6) is -0.151. The highest BCUT2D eigenvalue weighted by atomic mass is 16.2. The molecular formula is C12H19N3O. The molecule has 1 aromatic rings. The quantitative estimate of drug-likeness (QED) is 0.804. The van der Waals surface area contributed by atoms with Crippen molar-refractivity contribution in [2.45, 2.75) is 32.7 Å². The second kappa shape index (κ2) is 5.07. The molecule has 0 bridgehead atoms. The van der Waals surface area contributed by atoms with Gasteiger partial charge in [0, 0.05) is 11.2 Å². The molecule has 0 aliphatic heterocycles. The van der Waals surface area contributed by atoms with E-state index in [9.17, 15) is 4.79 Å². The van der Waals surface area contributed by atoms with E-state index in [-0.39, 0.29) is 11.4 Å². The van der Waals surface area contributed by atoms with E-state index in [1.165, 1.54) is 0 Å². The Bertz CT molecular complexity index is 374. The number of carbonyl (C=O) groups excluding carboxylic acids is 1. The molecule has 0 atom stereocenters. The molecule has 1 amide bonds. The third-order valence-electron chi connectivity index (χ3n) is 2.34. The third-order valence-corrected chi connectivity index (χ3v) is 2.34. The zero-order valence-electron chi connectivity index (χ0n) is 10.1. The van der Waals surface area contributed by atoms with Crippen LogP contribution in [0.2, 0.25) is 0 Å². The maximum absolute atomic E-state index is 11.9. The van der Waals surface area contributed by atoms with Gasteiger partial charge in [0.2, 0.25) is 0 Å². The van der Waals surface area contributed by atoms with E-state index in [0.717, 1.165) is 12.1 Å². The molecule has 0 saturated heterocycles. The van der Waals surface area contributed by atoms with Gasteiger partial charge in [0.05, 0.1) is 0 Å². The van der Waals surface area contributed by atoms with E-state index in [0.29, 0.717) is 12.2 Å². The van der Waals surface area contributed by atoms with Gasteiger partial charge in [-0.05, 0) is 45.9 Å². The molecule has 1 rings (SSSR count). The van der Waals surface area contributed by atoms with Crippen molar-refractivity contribution in [2.24, 2.45) is 5.73 Å². The van der Waals surface area contributed by atoms with Crippen LogP contribution in [0.5, 0.6) is 0 Å². The standard InChI is InChI=1S/C12H19N3O/c1-9-5-4-6-10(14-9)11(16)15-12(2,3)7-8-13/h4-6H,7-8,13H2,1-3H3,(H,15,16). The molecule has 0 unspecified atom stereocenters. The number of nitrogens with zero attached hydrogens (tertiary/aromatic N) is 1. The number of hydrogen-bond acceptors (Lipinski definition) is 3.